The molecular formula is C16H18BrNO. The van der Waals surface area contributed by atoms with Crippen LogP contribution in [0.15, 0.2) is 40.9 Å². The lowest BCUT2D eigenvalue weighted by Gasteiger charge is -2.14. The van der Waals surface area contributed by atoms with Gasteiger partial charge in [-0.05, 0) is 49.2 Å². The van der Waals surface area contributed by atoms with E-state index in [1.165, 1.54) is 16.8 Å². The average molecular weight is 320 g/mol. The van der Waals surface area contributed by atoms with E-state index in [4.69, 9.17) is 4.74 Å². The van der Waals surface area contributed by atoms with Gasteiger partial charge >= 0.3 is 0 Å². The lowest BCUT2D eigenvalue weighted by atomic mass is 10.1. The third kappa shape index (κ3) is 3.29. The molecule has 0 unspecified atom stereocenters. The zero-order chi connectivity index (χ0) is 13.8. The maximum absolute atomic E-state index is 5.38. The van der Waals surface area contributed by atoms with E-state index >= 15 is 0 Å². The van der Waals surface area contributed by atoms with Crippen molar-refractivity contribution in [3.05, 3.63) is 57.6 Å². The van der Waals surface area contributed by atoms with E-state index in [0.29, 0.717) is 0 Å². The van der Waals surface area contributed by atoms with E-state index in [9.17, 15) is 0 Å². The molecule has 2 nitrogen and oxygen atoms in total. The topological polar surface area (TPSA) is 21.3 Å². The second-order valence-electron chi connectivity index (χ2n) is 4.56. The predicted molar refractivity (Wildman–Crippen MR) is 83.9 cm³/mol. The van der Waals surface area contributed by atoms with Crippen molar-refractivity contribution in [3.8, 4) is 5.75 Å². The second-order valence-corrected chi connectivity index (χ2v) is 5.47. The second kappa shape index (κ2) is 6.11. The Morgan fingerprint density at radius 1 is 1.16 bits per heavy atom. The number of rotatable bonds is 4. The van der Waals surface area contributed by atoms with E-state index in [1.54, 1.807) is 7.11 Å². The van der Waals surface area contributed by atoms with Crippen LogP contribution in [0.1, 0.15) is 16.7 Å². The first-order valence-electron chi connectivity index (χ1n) is 6.24. The molecule has 0 heterocycles. The van der Waals surface area contributed by atoms with Crippen molar-refractivity contribution < 1.29 is 4.74 Å². The van der Waals surface area contributed by atoms with Crippen LogP contribution in [0.4, 0.5) is 5.69 Å². The van der Waals surface area contributed by atoms with Gasteiger partial charge in [0.05, 0.1) is 7.11 Å². The van der Waals surface area contributed by atoms with Crippen LogP contribution in [0.5, 0.6) is 5.75 Å². The number of hydrogen-bond acceptors (Lipinski definition) is 2. The van der Waals surface area contributed by atoms with Gasteiger partial charge in [0.2, 0.25) is 0 Å². The highest BCUT2D eigenvalue weighted by Gasteiger charge is 2.05. The van der Waals surface area contributed by atoms with Gasteiger partial charge in [-0.1, -0.05) is 28.1 Å². The molecular weight excluding hydrogens is 302 g/mol. The number of benzene rings is 2. The Kier molecular flexibility index (Phi) is 4.48. The van der Waals surface area contributed by atoms with Crippen molar-refractivity contribution in [3.63, 3.8) is 0 Å². The maximum Gasteiger partial charge on any atom is 0.123 e. The Balaban J connectivity index is 2.18. The third-order valence-corrected chi connectivity index (χ3v) is 3.81. The SMILES string of the molecule is COc1ccc(Br)cc1CNc1cccc(C)c1C. The van der Waals surface area contributed by atoms with Gasteiger partial charge in [-0.15, -0.1) is 0 Å². The number of hydrogen-bond donors (Lipinski definition) is 1. The van der Waals surface area contributed by atoms with Crippen LogP contribution in [0.2, 0.25) is 0 Å². The monoisotopic (exact) mass is 319 g/mol. The van der Waals surface area contributed by atoms with Gasteiger partial charge in [0.25, 0.3) is 0 Å². The van der Waals surface area contributed by atoms with Crippen LogP contribution in [-0.4, -0.2) is 7.11 Å². The summed E-state index contributed by atoms with van der Waals surface area (Å²) in [7, 11) is 1.70. The molecule has 2 aromatic rings. The average Bonchev–Trinajstić information content (AvgIpc) is 2.40. The quantitative estimate of drug-likeness (QED) is 0.883. The molecule has 0 radical (unpaired) electrons. The molecule has 2 aromatic carbocycles. The van der Waals surface area contributed by atoms with Gasteiger partial charge in [0, 0.05) is 22.3 Å². The molecule has 0 aliphatic carbocycles. The molecule has 0 fully saturated rings. The summed E-state index contributed by atoms with van der Waals surface area (Å²) in [6, 6.07) is 12.3. The summed E-state index contributed by atoms with van der Waals surface area (Å²) >= 11 is 3.49. The van der Waals surface area contributed by atoms with Gasteiger partial charge in [0.1, 0.15) is 5.75 Å². The van der Waals surface area contributed by atoms with Crippen LogP contribution in [0.3, 0.4) is 0 Å². The van der Waals surface area contributed by atoms with Gasteiger partial charge < -0.3 is 10.1 Å². The van der Waals surface area contributed by atoms with Crippen molar-refractivity contribution in [1.82, 2.24) is 0 Å². The minimum Gasteiger partial charge on any atom is -0.496 e. The standard InChI is InChI=1S/C16H18BrNO/c1-11-5-4-6-15(12(11)2)18-10-13-9-14(17)7-8-16(13)19-3/h4-9,18H,10H2,1-3H3. The summed E-state index contributed by atoms with van der Waals surface area (Å²) in [5, 5.41) is 3.47. The molecule has 100 valence electrons. The normalized spacial score (nSPS) is 10.3. The molecule has 0 spiro atoms. The molecule has 0 aliphatic rings. The fraction of sp³-hybridized carbons (Fsp3) is 0.250. The van der Waals surface area contributed by atoms with Crippen molar-refractivity contribution in [2.24, 2.45) is 0 Å². The first-order chi connectivity index (χ1) is 9.11. The Labute approximate surface area is 122 Å². The molecule has 0 aliphatic heterocycles. The Morgan fingerprint density at radius 3 is 2.68 bits per heavy atom. The minimum atomic E-state index is 0.743. The summed E-state index contributed by atoms with van der Waals surface area (Å²) in [5.74, 6) is 0.904. The van der Waals surface area contributed by atoms with Gasteiger partial charge in [-0.2, -0.15) is 0 Å². The third-order valence-electron chi connectivity index (χ3n) is 3.32. The van der Waals surface area contributed by atoms with Crippen molar-refractivity contribution >= 4 is 21.6 Å². The summed E-state index contributed by atoms with van der Waals surface area (Å²) in [4.78, 5) is 0. The number of ether oxygens (including phenoxy) is 1. The Morgan fingerprint density at radius 2 is 1.95 bits per heavy atom. The molecule has 0 atom stereocenters. The fourth-order valence-electron chi connectivity index (χ4n) is 2.02. The van der Waals surface area contributed by atoms with Gasteiger partial charge in [0.15, 0.2) is 0 Å². The lowest BCUT2D eigenvalue weighted by molar-refractivity contribution is 0.410. The van der Waals surface area contributed by atoms with Crippen LogP contribution < -0.4 is 10.1 Å². The van der Waals surface area contributed by atoms with E-state index in [1.807, 2.05) is 12.1 Å². The fourth-order valence-corrected chi connectivity index (χ4v) is 2.43. The zero-order valence-electron chi connectivity index (χ0n) is 11.5. The van der Waals surface area contributed by atoms with Crippen LogP contribution in [-0.2, 0) is 6.54 Å². The number of methoxy groups -OCH3 is 1. The molecule has 0 aromatic heterocycles. The highest BCUT2D eigenvalue weighted by atomic mass is 79.9. The van der Waals surface area contributed by atoms with E-state index in [-0.39, 0.29) is 0 Å². The molecule has 0 saturated carbocycles. The highest BCUT2D eigenvalue weighted by Crippen LogP contribution is 2.25. The predicted octanol–water partition coefficient (Wildman–Crippen LogP) is 4.69. The van der Waals surface area contributed by atoms with Crippen LogP contribution >= 0.6 is 15.9 Å². The maximum atomic E-state index is 5.38. The summed E-state index contributed by atoms with van der Waals surface area (Å²) in [6.07, 6.45) is 0. The van der Waals surface area contributed by atoms with E-state index in [2.05, 4.69) is 59.4 Å². The molecule has 0 amide bonds. The molecule has 19 heavy (non-hydrogen) atoms. The van der Waals surface area contributed by atoms with Gasteiger partial charge in [-0.3, -0.25) is 0 Å². The zero-order valence-corrected chi connectivity index (χ0v) is 13.0. The summed E-state index contributed by atoms with van der Waals surface area (Å²) in [6.45, 7) is 5.00. The van der Waals surface area contributed by atoms with E-state index < -0.39 is 0 Å². The van der Waals surface area contributed by atoms with Crippen LogP contribution in [0, 0.1) is 13.8 Å². The Hall–Kier alpha value is -1.48. The first kappa shape index (κ1) is 13.9. The molecule has 2 rings (SSSR count). The smallest absolute Gasteiger partial charge is 0.123 e. The minimum absolute atomic E-state index is 0.743. The van der Waals surface area contributed by atoms with Crippen molar-refractivity contribution in [2.75, 3.05) is 12.4 Å². The summed E-state index contributed by atoms with van der Waals surface area (Å²) in [5.41, 5.74) is 4.89. The van der Waals surface area contributed by atoms with Gasteiger partial charge in [-0.25, -0.2) is 0 Å². The molecule has 1 N–H and O–H groups in total. The molecule has 0 saturated heterocycles. The number of halogens is 1. The first-order valence-corrected chi connectivity index (χ1v) is 7.03. The largest absolute Gasteiger partial charge is 0.496 e. The molecule has 3 heteroatoms. The van der Waals surface area contributed by atoms with Crippen molar-refractivity contribution in [1.29, 1.82) is 0 Å². The van der Waals surface area contributed by atoms with Crippen LogP contribution in [0.25, 0.3) is 0 Å². The molecule has 0 bridgehead atoms. The van der Waals surface area contributed by atoms with Crippen molar-refractivity contribution in [2.45, 2.75) is 20.4 Å². The highest BCUT2D eigenvalue weighted by molar-refractivity contribution is 9.10. The lowest BCUT2D eigenvalue weighted by Crippen LogP contribution is -2.03. The number of anilines is 1. The number of nitrogens with one attached hydrogen (secondary N) is 1. The Bertz CT molecular complexity index is 581. The summed E-state index contributed by atoms with van der Waals surface area (Å²) < 4.78 is 6.44. The number of aryl methyl sites for hydroxylation is 1. The van der Waals surface area contributed by atoms with E-state index in [0.717, 1.165) is 22.3 Å².